The van der Waals surface area contributed by atoms with E-state index in [0.717, 1.165) is 0 Å². The number of hydrogen-bond acceptors (Lipinski definition) is 3. The molecule has 2 aliphatic rings. The highest BCUT2D eigenvalue weighted by Gasteiger charge is 2.50. The molecule has 1 aliphatic heterocycles. The van der Waals surface area contributed by atoms with E-state index in [1.165, 1.54) is 25.7 Å². The molecule has 1 unspecified atom stereocenters. The zero-order chi connectivity index (χ0) is 10.9. The van der Waals surface area contributed by atoms with Crippen molar-refractivity contribution in [2.75, 3.05) is 27.3 Å². The molecule has 15 heavy (non-hydrogen) atoms. The lowest BCUT2D eigenvalue weighted by Crippen LogP contribution is -2.58. The van der Waals surface area contributed by atoms with Crippen molar-refractivity contribution < 1.29 is 4.74 Å². The van der Waals surface area contributed by atoms with Gasteiger partial charge in [-0.15, -0.1) is 0 Å². The van der Waals surface area contributed by atoms with Crippen LogP contribution in [0, 0.1) is 22.7 Å². The standard InChI is InChI=1S/C12H20N2O/c1-14(2)11(10-5-3-4-6-10)12(7-13)8-15-9-12/h10-11H,3-6,8-9H2,1-2H3. The van der Waals surface area contributed by atoms with E-state index < -0.39 is 0 Å². The molecule has 0 bridgehead atoms. The number of rotatable bonds is 3. The summed E-state index contributed by atoms with van der Waals surface area (Å²) in [6, 6.07) is 2.89. The molecule has 1 saturated carbocycles. The second-order valence-corrected chi connectivity index (χ2v) is 5.21. The fourth-order valence-electron chi connectivity index (χ4n) is 3.26. The quantitative estimate of drug-likeness (QED) is 0.707. The number of hydrogen-bond donors (Lipinski definition) is 0. The lowest BCUT2D eigenvalue weighted by atomic mass is 9.72. The Morgan fingerprint density at radius 1 is 1.33 bits per heavy atom. The summed E-state index contributed by atoms with van der Waals surface area (Å²) in [4.78, 5) is 2.24. The van der Waals surface area contributed by atoms with Gasteiger partial charge in [-0.25, -0.2) is 0 Å². The van der Waals surface area contributed by atoms with Crippen molar-refractivity contribution in [3.63, 3.8) is 0 Å². The van der Waals surface area contributed by atoms with Gasteiger partial charge in [0.2, 0.25) is 0 Å². The van der Waals surface area contributed by atoms with Crippen LogP contribution in [0.5, 0.6) is 0 Å². The van der Waals surface area contributed by atoms with Gasteiger partial charge in [0.1, 0.15) is 5.41 Å². The molecule has 1 atom stereocenters. The molecule has 0 spiro atoms. The molecular formula is C12H20N2O. The summed E-state index contributed by atoms with van der Waals surface area (Å²) in [6.07, 6.45) is 5.23. The molecule has 3 nitrogen and oxygen atoms in total. The SMILES string of the molecule is CN(C)C(C1CCCC1)C1(C#N)COC1. The minimum atomic E-state index is -0.224. The third-order valence-electron chi connectivity index (χ3n) is 3.91. The highest BCUT2D eigenvalue weighted by molar-refractivity contribution is 5.12. The molecule has 3 heteroatoms. The van der Waals surface area contributed by atoms with E-state index >= 15 is 0 Å². The first kappa shape index (κ1) is 10.9. The maximum absolute atomic E-state index is 9.36. The number of nitrogens with zero attached hydrogens (tertiary/aromatic N) is 2. The Kier molecular flexibility index (Phi) is 2.99. The number of ether oxygens (including phenoxy) is 1. The van der Waals surface area contributed by atoms with Gasteiger partial charge in [-0.2, -0.15) is 5.26 Å². The second kappa shape index (κ2) is 4.11. The van der Waals surface area contributed by atoms with Crippen LogP contribution >= 0.6 is 0 Å². The van der Waals surface area contributed by atoms with Gasteiger partial charge < -0.3 is 9.64 Å². The third kappa shape index (κ3) is 1.77. The van der Waals surface area contributed by atoms with Crippen molar-refractivity contribution in [2.24, 2.45) is 11.3 Å². The van der Waals surface area contributed by atoms with Crippen molar-refractivity contribution in [3.8, 4) is 6.07 Å². The van der Waals surface area contributed by atoms with E-state index in [1.54, 1.807) is 0 Å². The first-order valence-corrected chi connectivity index (χ1v) is 5.85. The van der Waals surface area contributed by atoms with Crippen molar-refractivity contribution in [2.45, 2.75) is 31.7 Å². The summed E-state index contributed by atoms with van der Waals surface area (Å²) < 4.78 is 5.27. The molecule has 2 rings (SSSR count). The van der Waals surface area contributed by atoms with Crippen LogP contribution in [0.15, 0.2) is 0 Å². The summed E-state index contributed by atoms with van der Waals surface area (Å²) in [5.41, 5.74) is -0.224. The maximum atomic E-state index is 9.36. The van der Waals surface area contributed by atoms with Gasteiger partial charge >= 0.3 is 0 Å². The van der Waals surface area contributed by atoms with Crippen LogP contribution in [0.2, 0.25) is 0 Å². The Morgan fingerprint density at radius 3 is 2.27 bits per heavy atom. The first-order chi connectivity index (χ1) is 7.19. The van der Waals surface area contributed by atoms with Crippen LogP contribution in [0.1, 0.15) is 25.7 Å². The van der Waals surface area contributed by atoms with Crippen LogP contribution in [0.25, 0.3) is 0 Å². The molecule has 0 aromatic heterocycles. The molecule has 1 saturated heterocycles. The summed E-state index contributed by atoms with van der Waals surface area (Å²) in [5.74, 6) is 0.698. The van der Waals surface area contributed by atoms with E-state index in [9.17, 15) is 5.26 Å². The fraction of sp³-hybridized carbons (Fsp3) is 0.917. The Morgan fingerprint density at radius 2 is 1.93 bits per heavy atom. The Bertz CT molecular complexity index is 259. The molecule has 2 fully saturated rings. The van der Waals surface area contributed by atoms with Crippen molar-refractivity contribution in [3.05, 3.63) is 0 Å². The molecule has 1 heterocycles. The van der Waals surface area contributed by atoms with Crippen LogP contribution in [0.4, 0.5) is 0 Å². The van der Waals surface area contributed by atoms with Crippen molar-refractivity contribution >= 4 is 0 Å². The minimum Gasteiger partial charge on any atom is -0.378 e. The molecular weight excluding hydrogens is 188 g/mol. The summed E-state index contributed by atoms with van der Waals surface area (Å²) in [7, 11) is 4.20. The number of nitriles is 1. The Labute approximate surface area is 92.0 Å². The second-order valence-electron chi connectivity index (χ2n) is 5.21. The monoisotopic (exact) mass is 208 g/mol. The van der Waals surface area contributed by atoms with Gasteiger partial charge in [0.15, 0.2) is 0 Å². The predicted octanol–water partition coefficient (Wildman–Crippen LogP) is 1.65. The highest BCUT2D eigenvalue weighted by Crippen LogP contribution is 2.42. The van der Waals surface area contributed by atoms with E-state index in [2.05, 4.69) is 25.1 Å². The van der Waals surface area contributed by atoms with Gasteiger partial charge in [0, 0.05) is 6.04 Å². The summed E-state index contributed by atoms with van der Waals surface area (Å²) >= 11 is 0. The molecule has 0 aromatic carbocycles. The van der Waals surface area contributed by atoms with Crippen LogP contribution in [0.3, 0.4) is 0 Å². The average molecular weight is 208 g/mol. The van der Waals surface area contributed by atoms with Gasteiger partial charge in [-0.05, 0) is 32.9 Å². The zero-order valence-corrected chi connectivity index (χ0v) is 9.70. The van der Waals surface area contributed by atoms with Gasteiger partial charge in [0.25, 0.3) is 0 Å². The van der Waals surface area contributed by atoms with Gasteiger partial charge in [-0.1, -0.05) is 12.8 Å². The topological polar surface area (TPSA) is 36.3 Å². The predicted molar refractivity (Wildman–Crippen MR) is 58.3 cm³/mol. The minimum absolute atomic E-state index is 0.224. The fourth-order valence-corrected chi connectivity index (χ4v) is 3.26. The molecule has 0 N–H and O–H groups in total. The molecule has 84 valence electrons. The summed E-state index contributed by atoms with van der Waals surface area (Å²) in [5, 5.41) is 9.36. The lowest BCUT2D eigenvalue weighted by molar-refractivity contribution is -0.126. The van der Waals surface area contributed by atoms with Gasteiger partial charge in [0.05, 0.1) is 19.3 Å². The van der Waals surface area contributed by atoms with Crippen LogP contribution < -0.4 is 0 Å². The Hall–Kier alpha value is -0.590. The van der Waals surface area contributed by atoms with Crippen LogP contribution in [-0.4, -0.2) is 38.3 Å². The maximum Gasteiger partial charge on any atom is 0.119 e. The molecule has 0 amide bonds. The van der Waals surface area contributed by atoms with Crippen LogP contribution in [-0.2, 0) is 4.74 Å². The highest BCUT2D eigenvalue weighted by atomic mass is 16.5. The van der Waals surface area contributed by atoms with E-state index in [-0.39, 0.29) is 5.41 Å². The first-order valence-electron chi connectivity index (χ1n) is 5.85. The van der Waals surface area contributed by atoms with Gasteiger partial charge in [-0.3, -0.25) is 0 Å². The smallest absolute Gasteiger partial charge is 0.119 e. The Balaban J connectivity index is 2.15. The third-order valence-corrected chi connectivity index (χ3v) is 3.91. The largest absolute Gasteiger partial charge is 0.378 e. The lowest BCUT2D eigenvalue weighted by Gasteiger charge is -2.47. The zero-order valence-electron chi connectivity index (χ0n) is 9.70. The van der Waals surface area contributed by atoms with Crippen molar-refractivity contribution in [1.82, 2.24) is 4.90 Å². The van der Waals surface area contributed by atoms with E-state index in [4.69, 9.17) is 4.74 Å². The summed E-state index contributed by atoms with van der Waals surface area (Å²) in [6.45, 7) is 1.26. The molecule has 0 aromatic rings. The average Bonchev–Trinajstić information content (AvgIpc) is 2.62. The van der Waals surface area contributed by atoms with Crippen molar-refractivity contribution in [1.29, 1.82) is 5.26 Å². The van der Waals surface area contributed by atoms with E-state index in [1.807, 2.05) is 0 Å². The van der Waals surface area contributed by atoms with E-state index in [0.29, 0.717) is 25.2 Å². The molecule has 1 aliphatic carbocycles. The normalized spacial score (nSPS) is 27.3. The molecule has 0 radical (unpaired) electrons.